The van der Waals surface area contributed by atoms with Gasteiger partial charge in [-0.25, -0.2) is 0 Å². The van der Waals surface area contributed by atoms with Crippen molar-refractivity contribution in [2.75, 3.05) is 12.4 Å². The molecule has 0 bridgehead atoms. The zero-order valence-electron chi connectivity index (χ0n) is 12.5. The van der Waals surface area contributed by atoms with E-state index in [0.29, 0.717) is 11.3 Å². The lowest BCUT2D eigenvalue weighted by molar-refractivity contribution is -0.384. The Morgan fingerprint density at radius 3 is 2.21 bits per heavy atom. The minimum atomic E-state index is -0.593. The van der Waals surface area contributed by atoms with Crippen LogP contribution in [0.5, 0.6) is 5.75 Å². The number of hydrogen-bond donors (Lipinski definition) is 1. The summed E-state index contributed by atoms with van der Waals surface area (Å²) in [6, 6.07) is 5.42. The quantitative estimate of drug-likeness (QED) is 0.581. The minimum Gasteiger partial charge on any atom is -0.494 e. The highest BCUT2D eigenvalue weighted by molar-refractivity contribution is 6.38. The average Bonchev–Trinajstić information content (AvgIpc) is 2.49. The Morgan fingerprint density at radius 2 is 1.71 bits per heavy atom. The third-order valence-corrected chi connectivity index (χ3v) is 4.07. The van der Waals surface area contributed by atoms with E-state index >= 15 is 0 Å². The Kier molecular flexibility index (Phi) is 5.54. The highest BCUT2D eigenvalue weighted by Crippen LogP contribution is 2.35. The summed E-state index contributed by atoms with van der Waals surface area (Å²) in [4.78, 5) is 22.6. The van der Waals surface area contributed by atoms with Crippen LogP contribution in [-0.4, -0.2) is 17.9 Å². The lowest BCUT2D eigenvalue weighted by atomic mass is 10.1. The molecule has 0 unspecified atom stereocenters. The maximum absolute atomic E-state index is 12.4. The predicted octanol–water partition coefficient (Wildman–Crippen LogP) is 5.12. The number of anilines is 1. The Bertz CT molecular complexity index is 817. The minimum absolute atomic E-state index is 0.0771. The first kappa shape index (κ1) is 18.3. The number of carbonyl (C=O) groups excluding carboxylic acids is 1. The molecule has 0 spiro atoms. The van der Waals surface area contributed by atoms with Crippen LogP contribution in [0.1, 0.15) is 15.9 Å². The zero-order chi connectivity index (χ0) is 18.0. The molecule has 0 saturated heterocycles. The van der Waals surface area contributed by atoms with Crippen molar-refractivity contribution in [1.29, 1.82) is 0 Å². The molecule has 1 amide bonds. The number of methoxy groups -OCH3 is 1. The zero-order valence-corrected chi connectivity index (χ0v) is 14.8. The van der Waals surface area contributed by atoms with Gasteiger partial charge in [0.25, 0.3) is 11.6 Å². The van der Waals surface area contributed by atoms with Gasteiger partial charge in [0, 0.05) is 17.3 Å². The summed E-state index contributed by atoms with van der Waals surface area (Å²) in [7, 11) is 1.41. The van der Waals surface area contributed by atoms with Crippen LogP contribution in [0, 0.1) is 17.0 Å². The summed E-state index contributed by atoms with van der Waals surface area (Å²) in [5.74, 6) is -0.223. The number of nitrogens with zero attached hydrogens (tertiary/aromatic N) is 1. The number of benzene rings is 2. The van der Waals surface area contributed by atoms with Gasteiger partial charge in [0.2, 0.25) is 0 Å². The molecule has 6 nitrogen and oxygen atoms in total. The molecule has 126 valence electrons. The summed E-state index contributed by atoms with van der Waals surface area (Å²) in [6.45, 7) is 1.62. The smallest absolute Gasteiger partial charge is 0.288 e. The Morgan fingerprint density at radius 1 is 1.12 bits per heavy atom. The van der Waals surface area contributed by atoms with E-state index < -0.39 is 10.8 Å². The highest BCUT2D eigenvalue weighted by Gasteiger charge is 2.18. The molecule has 0 radical (unpaired) electrons. The van der Waals surface area contributed by atoms with Gasteiger partial charge in [-0.2, -0.15) is 0 Å². The molecule has 2 aromatic rings. The Hall–Kier alpha value is -2.02. The number of nitro groups is 1. The van der Waals surface area contributed by atoms with Crippen LogP contribution in [0.2, 0.25) is 15.1 Å². The molecular weight excluding hydrogens is 379 g/mol. The molecule has 0 aliphatic rings. The van der Waals surface area contributed by atoms with E-state index in [1.54, 1.807) is 6.92 Å². The number of aryl methyl sites for hydroxylation is 1. The molecule has 0 aromatic heterocycles. The number of hydrogen-bond acceptors (Lipinski definition) is 4. The number of nitrogens with one attached hydrogen (secondary N) is 1. The van der Waals surface area contributed by atoms with E-state index in [-0.39, 0.29) is 32.1 Å². The number of halogens is 3. The molecule has 2 rings (SSSR count). The normalized spacial score (nSPS) is 10.4. The number of amides is 1. The van der Waals surface area contributed by atoms with E-state index in [9.17, 15) is 14.9 Å². The van der Waals surface area contributed by atoms with E-state index in [2.05, 4.69) is 5.32 Å². The topological polar surface area (TPSA) is 81.5 Å². The number of rotatable bonds is 4. The first-order valence-electron chi connectivity index (χ1n) is 6.53. The van der Waals surface area contributed by atoms with E-state index in [1.807, 2.05) is 0 Å². The summed E-state index contributed by atoms with van der Waals surface area (Å²) in [5, 5.41) is 13.8. The van der Waals surface area contributed by atoms with Crippen molar-refractivity contribution in [3.05, 3.63) is 60.6 Å². The van der Waals surface area contributed by atoms with E-state index in [1.165, 1.54) is 31.4 Å². The van der Waals surface area contributed by atoms with Crippen molar-refractivity contribution in [3.8, 4) is 5.75 Å². The summed E-state index contributed by atoms with van der Waals surface area (Å²) >= 11 is 17.9. The molecule has 1 N–H and O–H groups in total. The number of ether oxygens (including phenoxy) is 1. The van der Waals surface area contributed by atoms with Crippen molar-refractivity contribution < 1.29 is 14.5 Å². The van der Waals surface area contributed by atoms with Crippen molar-refractivity contribution in [2.24, 2.45) is 0 Å². The molecular formula is C15H11Cl3N2O4. The van der Waals surface area contributed by atoms with Gasteiger partial charge in [-0.3, -0.25) is 14.9 Å². The van der Waals surface area contributed by atoms with Gasteiger partial charge < -0.3 is 10.1 Å². The predicted molar refractivity (Wildman–Crippen MR) is 93.8 cm³/mol. The van der Waals surface area contributed by atoms with Gasteiger partial charge in [-0.1, -0.05) is 34.8 Å². The summed E-state index contributed by atoms with van der Waals surface area (Å²) in [5.41, 5.74) is 0.811. The second-order valence-electron chi connectivity index (χ2n) is 4.80. The molecule has 0 atom stereocenters. The molecule has 0 saturated carbocycles. The lowest BCUT2D eigenvalue weighted by Crippen LogP contribution is -2.13. The van der Waals surface area contributed by atoms with Gasteiger partial charge in [-0.05, 0) is 30.7 Å². The molecule has 24 heavy (non-hydrogen) atoms. The van der Waals surface area contributed by atoms with Crippen LogP contribution >= 0.6 is 34.8 Å². The maximum Gasteiger partial charge on any atom is 0.288 e. The molecule has 0 aliphatic carbocycles. The first-order chi connectivity index (χ1) is 11.2. The van der Waals surface area contributed by atoms with Crippen LogP contribution in [0.25, 0.3) is 0 Å². The van der Waals surface area contributed by atoms with Crippen molar-refractivity contribution in [3.63, 3.8) is 0 Å². The molecule has 0 heterocycles. The second-order valence-corrected chi connectivity index (χ2v) is 6.02. The monoisotopic (exact) mass is 388 g/mol. The summed E-state index contributed by atoms with van der Waals surface area (Å²) < 4.78 is 5.02. The molecule has 0 fully saturated rings. The van der Waals surface area contributed by atoms with Crippen molar-refractivity contribution in [1.82, 2.24) is 0 Å². The van der Waals surface area contributed by atoms with Crippen LogP contribution in [0.4, 0.5) is 11.4 Å². The highest BCUT2D eigenvalue weighted by atomic mass is 35.5. The fourth-order valence-electron chi connectivity index (χ4n) is 2.02. The molecule has 0 aliphatic heterocycles. The Labute approximate surface area is 152 Å². The standard InChI is InChI=1S/C15H11Cl3N2O4/c1-7-3-13(20(22)23)9(16)6-12(7)19-15(21)8-4-10(17)14(24-2)11(18)5-8/h3-6H,1-2H3,(H,19,21). The average molecular weight is 390 g/mol. The van der Waals surface area contributed by atoms with Crippen LogP contribution in [0.3, 0.4) is 0 Å². The van der Waals surface area contributed by atoms with Crippen molar-refractivity contribution >= 4 is 52.1 Å². The van der Waals surface area contributed by atoms with Crippen LogP contribution in [-0.2, 0) is 0 Å². The van der Waals surface area contributed by atoms with E-state index in [4.69, 9.17) is 39.5 Å². The Balaban J connectivity index is 2.34. The van der Waals surface area contributed by atoms with E-state index in [0.717, 1.165) is 0 Å². The van der Waals surface area contributed by atoms with Gasteiger partial charge in [-0.15, -0.1) is 0 Å². The SMILES string of the molecule is COc1c(Cl)cc(C(=O)Nc2cc(Cl)c([N+](=O)[O-])cc2C)cc1Cl. The third-order valence-electron chi connectivity index (χ3n) is 3.20. The van der Waals surface area contributed by atoms with Gasteiger partial charge in [0.1, 0.15) is 5.02 Å². The molecule has 2 aromatic carbocycles. The van der Waals surface area contributed by atoms with Gasteiger partial charge in [0.05, 0.1) is 22.1 Å². The first-order valence-corrected chi connectivity index (χ1v) is 7.67. The van der Waals surface area contributed by atoms with Crippen LogP contribution < -0.4 is 10.1 Å². The van der Waals surface area contributed by atoms with Gasteiger partial charge >= 0.3 is 0 Å². The maximum atomic E-state index is 12.4. The third kappa shape index (κ3) is 3.72. The lowest BCUT2D eigenvalue weighted by Gasteiger charge is -2.11. The van der Waals surface area contributed by atoms with Crippen LogP contribution in [0.15, 0.2) is 24.3 Å². The summed E-state index contributed by atoms with van der Waals surface area (Å²) in [6.07, 6.45) is 0. The second kappa shape index (κ2) is 7.25. The number of carbonyl (C=O) groups is 1. The largest absolute Gasteiger partial charge is 0.494 e. The van der Waals surface area contributed by atoms with Gasteiger partial charge in [0.15, 0.2) is 5.75 Å². The fourth-order valence-corrected chi connectivity index (χ4v) is 2.90. The fraction of sp³-hybridized carbons (Fsp3) is 0.133. The molecule has 9 heteroatoms. The van der Waals surface area contributed by atoms with Crippen molar-refractivity contribution in [2.45, 2.75) is 6.92 Å². The number of nitro benzene ring substituents is 1.